The Morgan fingerprint density at radius 1 is 1.16 bits per heavy atom. The number of anilines is 1. The van der Waals surface area contributed by atoms with Crippen LogP contribution in [0.25, 0.3) is 0 Å². The van der Waals surface area contributed by atoms with E-state index in [4.69, 9.17) is 4.74 Å². The largest absolute Gasteiger partial charge is 0.454 e. The monoisotopic (exact) mass is 461 g/mol. The van der Waals surface area contributed by atoms with Gasteiger partial charge in [-0.25, -0.2) is 8.42 Å². The van der Waals surface area contributed by atoms with E-state index >= 15 is 0 Å². The number of rotatable bonds is 7. The van der Waals surface area contributed by atoms with Crippen LogP contribution in [-0.2, 0) is 30.9 Å². The fourth-order valence-corrected chi connectivity index (χ4v) is 4.39. The van der Waals surface area contributed by atoms with Crippen molar-refractivity contribution in [3.63, 3.8) is 0 Å². The molecule has 1 aliphatic heterocycles. The molecule has 2 aromatic rings. The summed E-state index contributed by atoms with van der Waals surface area (Å²) in [4.78, 5) is 28.4. The molecule has 0 atom stereocenters. The highest BCUT2D eigenvalue weighted by Crippen LogP contribution is 2.16. The molecular formula is C21H27N5O5S. The maximum Gasteiger partial charge on any atom is 0.328 e. The molecule has 0 aliphatic carbocycles. The number of ether oxygens (including phenoxy) is 1. The van der Waals surface area contributed by atoms with E-state index in [2.05, 4.69) is 20.1 Å². The van der Waals surface area contributed by atoms with Crippen molar-refractivity contribution < 1.29 is 22.7 Å². The topological polar surface area (TPSA) is 132 Å². The van der Waals surface area contributed by atoms with Gasteiger partial charge in [0.1, 0.15) is 12.4 Å². The van der Waals surface area contributed by atoms with Crippen molar-refractivity contribution in [2.75, 3.05) is 18.5 Å². The fourth-order valence-electron chi connectivity index (χ4n) is 3.26. The van der Waals surface area contributed by atoms with Gasteiger partial charge in [-0.3, -0.25) is 24.0 Å². The molecule has 0 saturated heterocycles. The number of hydrogen-bond donors (Lipinski definition) is 2. The zero-order valence-corrected chi connectivity index (χ0v) is 18.9. The normalized spacial score (nSPS) is 14.2. The molecule has 1 aliphatic rings. The average molecular weight is 462 g/mol. The minimum atomic E-state index is -3.82. The van der Waals surface area contributed by atoms with Crippen LogP contribution in [0.3, 0.4) is 0 Å². The molecule has 1 aromatic carbocycles. The van der Waals surface area contributed by atoms with Gasteiger partial charge >= 0.3 is 5.97 Å². The van der Waals surface area contributed by atoms with E-state index in [1.54, 1.807) is 6.07 Å². The molecule has 0 saturated carbocycles. The molecule has 1 amide bonds. The molecule has 2 heterocycles. The van der Waals surface area contributed by atoms with E-state index in [9.17, 15) is 18.0 Å². The van der Waals surface area contributed by atoms with Gasteiger partial charge in [0.2, 0.25) is 0 Å². The molecule has 0 spiro atoms. The van der Waals surface area contributed by atoms with Gasteiger partial charge in [0.05, 0.1) is 10.6 Å². The number of carbonyl (C=O) groups excluding carboxylic acids is 2. The number of carbonyl (C=O) groups is 2. The molecule has 10 nitrogen and oxygen atoms in total. The van der Waals surface area contributed by atoms with E-state index < -0.39 is 28.5 Å². The molecule has 11 heteroatoms. The zero-order chi connectivity index (χ0) is 23.1. The van der Waals surface area contributed by atoms with Crippen LogP contribution in [0.1, 0.15) is 37.1 Å². The highest BCUT2D eigenvalue weighted by Gasteiger charge is 2.18. The predicted octanol–water partition coefficient (Wildman–Crippen LogP) is 1.93. The number of nitrogens with zero attached hydrogens (tertiary/aromatic N) is 3. The van der Waals surface area contributed by atoms with Crippen LogP contribution in [0.15, 0.2) is 40.2 Å². The van der Waals surface area contributed by atoms with Crippen molar-refractivity contribution in [1.82, 2.24) is 14.5 Å². The standard InChI is InChI=1S/C21H27N5O5S/c1-15-11-16(2)26(24-15)13-21(28)31-14-20(27)23-17-7-6-8-18(12-17)32(29,30)25-19-9-4-3-5-10-22-19/h6-8,11-12H,3-5,9-10,13-14H2,1-2H3,(H,22,25)(H,23,27). The second-order valence-electron chi connectivity index (χ2n) is 7.57. The van der Waals surface area contributed by atoms with Gasteiger partial charge in [-0.15, -0.1) is 0 Å². The highest BCUT2D eigenvalue weighted by molar-refractivity contribution is 7.90. The minimum absolute atomic E-state index is 0.00349. The van der Waals surface area contributed by atoms with Gasteiger partial charge in [-0.1, -0.05) is 12.5 Å². The quantitative estimate of drug-likeness (QED) is 0.606. The molecule has 0 unspecified atom stereocenters. The van der Waals surface area contributed by atoms with E-state index in [1.807, 2.05) is 19.9 Å². The predicted molar refractivity (Wildman–Crippen MR) is 119 cm³/mol. The van der Waals surface area contributed by atoms with E-state index in [0.717, 1.165) is 30.7 Å². The van der Waals surface area contributed by atoms with Gasteiger partial charge in [0.25, 0.3) is 15.9 Å². The van der Waals surface area contributed by atoms with E-state index in [-0.39, 0.29) is 17.1 Å². The molecule has 172 valence electrons. The number of aryl methyl sites for hydroxylation is 2. The van der Waals surface area contributed by atoms with Gasteiger partial charge in [0, 0.05) is 24.3 Å². The summed E-state index contributed by atoms with van der Waals surface area (Å²) in [7, 11) is -3.82. The van der Waals surface area contributed by atoms with Crippen molar-refractivity contribution >= 4 is 33.4 Å². The van der Waals surface area contributed by atoms with Crippen molar-refractivity contribution in [1.29, 1.82) is 0 Å². The third-order valence-electron chi connectivity index (χ3n) is 4.80. The van der Waals surface area contributed by atoms with Crippen molar-refractivity contribution in [2.24, 2.45) is 4.99 Å². The average Bonchev–Trinajstić information content (AvgIpc) is 2.91. The number of sulfonamides is 1. The Labute approximate surface area is 187 Å². The summed E-state index contributed by atoms with van der Waals surface area (Å²) in [6, 6.07) is 7.68. The maximum atomic E-state index is 12.7. The lowest BCUT2D eigenvalue weighted by Crippen LogP contribution is -2.30. The molecule has 1 aromatic heterocycles. The Hall–Kier alpha value is -3.21. The number of amidine groups is 1. The first-order valence-corrected chi connectivity index (χ1v) is 11.8. The lowest BCUT2D eigenvalue weighted by Gasteiger charge is -2.11. The number of aliphatic imine (C=N–C) groups is 1. The summed E-state index contributed by atoms with van der Waals surface area (Å²) in [5.41, 5.74) is 1.86. The first-order chi connectivity index (χ1) is 15.2. The zero-order valence-electron chi connectivity index (χ0n) is 18.1. The first kappa shape index (κ1) is 23.5. The van der Waals surface area contributed by atoms with Crippen LogP contribution in [0.2, 0.25) is 0 Å². The Morgan fingerprint density at radius 2 is 1.97 bits per heavy atom. The smallest absolute Gasteiger partial charge is 0.328 e. The summed E-state index contributed by atoms with van der Waals surface area (Å²) in [6.45, 7) is 3.64. The van der Waals surface area contributed by atoms with Crippen LogP contribution in [-0.4, -0.2) is 49.1 Å². The molecular weight excluding hydrogens is 434 g/mol. The van der Waals surface area contributed by atoms with Gasteiger partial charge < -0.3 is 10.1 Å². The van der Waals surface area contributed by atoms with Gasteiger partial charge in [0.15, 0.2) is 6.61 Å². The fraction of sp³-hybridized carbons (Fsp3) is 0.429. The van der Waals surface area contributed by atoms with Crippen LogP contribution in [0, 0.1) is 13.8 Å². The van der Waals surface area contributed by atoms with Gasteiger partial charge in [-0.2, -0.15) is 5.10 Å². The molecule has 3 rings (SSSR count). The molecule has 2 N–H and O–H groups in total. The van der Waals surface area contributed by atoms with E-state index in [1.165, 1.54) is 22.9 Å². The third-order valence-corrected chi connectivity index (χ3v) is 6.18. The van der Waals surface area contributed by atoms with Crippen LogP contribution in [0.5, 0.6) is 0 Å². The van der Waals surface area contributed by atoms with Crippen LogP contribution < -0.4 is 10.0 Å². The maximum absolute atomic E-state index is 12.7. The number of hydrogen-bond acceptors (Lipinski definition) is 7. The second kappa shape index (κ2) is 10.4. The SMILES string of the molecule is Cc1cc(C)n(CC(=O)OCC(=O)Nc2cccc(S(=O)(=O)NC3=NCCCCC3)c2)n1. The molecule has 32 heavy (non-hydrogen) atoms. The van der Waals surface area contributed by atoms with E-state index in [0.29, 0.717) is 18.8 Å². The summed E-state index contributed by atoms with van der Waals surface area (Å²) in [6.07, 6.45) is 3.43. The highest BCUT2D eigenvalue weighted by atomic mass is 32.2. The molecule has 0 bridgehead atoms. The second-order valence-corrected chi connectivity index (χ2v) is 9.25. The third kappa shape index (κ3) is 6.64. The van der Waals surface area contributed by atoms with Crippen molar-refractivity contribution in [3.8, 4) is 0 Å². The van der Waals surface area contributed by atoms with Gasteiger partial charge in [-0.05, 0) is 51.0 Å². The number of benzene rings is 1. The number of esters is 1. The summed E-state index contributed by atoms with van der Waals surface area (Å²) >= 11 is 0. The Bertz CT molecular complexity index is 1120. The summed E-state index contributed by atoms with van der Waals surface area (Å²) < 4.78 is 34.4. The lowest BCUT2D eigenvalue weighted by molar-refractivity contribution is -0.148. The Balaban J connectivity index is 1.55. The molecule has 0 radical (unpaired) electrons. The first-order valence-electron chi connectivity index (χ1n) is 10.4. The van der Waals surface area contributed by atoms with Crippen LogP contribution in [0.4, 0.5) is 5.69 Å². The number of aromatic nitrogens is 2. The number of nitrogens with one attached hydrogen (secondary N) is 2. The van der Waals surface area contributed by atoms with Crippen molar-refractivity contribution in [3.05, 3.63) is 41.7 Å². The minimum Gasteiger partial charge on any atom is -0.454 e. The lowest BCUT2D eigenvalue weighted by atomic mass is 10.2. The summed E-state index contributed by atoms with van der Waals surface area (Å²) in [5, 5.41) is 6.71. The Kier molecular flexibility index (Phi) is 7.62. The summed E-state index contributed by atoms with van der Waals surface area (Å²) in [5.74, 6) is -0.732. The van der Waals surface area contributed by atoms with Crippen molar-refractivity contribution in [2.45, 2.75) is 51.0 Å². The van der Waals surface area contributed by atoms with Crippen LogP contribution >= 0.6 is 0 Å². The Morgan fingerprint density at radius 3 is 2.72 bits per heavy atom. The molecule has 0 fully saturated rings. The number of amides is 1.